The number of hydrogen-bond acceptors (Lipinski definition) is 4. The van der Waals surface area contributed by atoms with Crippen molar-refractivity contribution in [2.45, 2.75) is 36.6 Å². The summed E-state index contributed by atoms with van der Waals surface area (Å²) in [7, 11) is -2.80. The van der Waals surface area contributed by atoms with Crippen LogP contribution in [0.25, 0.3) is 0 Å². The Bertz CT molecular complexity index is 1130. The lowest BCUT2D eigenvalue weighted by Gasteiger charge is -2.22. The van der Waals surface area contributed by atoms with E-state index in [0.29, 0.717) is 6.92 Å². The Morgan fingerprint density at radius 3 is 2.72 bits per heavy atom. The van der Waals surface area contributed by atoms with Gasteiger partial charge in [-0.1, -0.05) is 0 Å². The number of alkyl halides is 2. The van der Waals surface area contributed by atoms with Crippen LogP contribution in [0.15, 0.2) is 29.3 Å². The number of hydrogen-bond donors (Lipinski definition) is 2. The fraction of sp³-hybridized carbons (Fsp3) is 0.333. The molecule has 154 valence electrons. The summed E-state index contributed by atoms with van der Waals surface area (Å²) in [5, 5.41) is 11.4. The number of anilines is 1. The van der Waals surface area contributed by atoms with Crippen LogP contribution in [0.5, 0.6) is 0 Å². The minimum Gasteiger partial charge on any atom is -0.345 e. The van der Waals surface area contributed by atoms with Gasteiger partial charge in [0.25, 0.3) is 11.8 Å². The van der Waals surface area contributed by atoms with E-state index < -0.39 is 33.7 Å². The largest absolute Gasteiger partial charge is 0.345 e. The monoisotopic (exact) mass is 426 g/mol. The molecule has 0 saturated carbocycles. The van der Waals surface area contributed by atoms with Crippen LogP contribution in [0.3, 0.4) is 0 Å². The Morgan fingerprint density at radius 2 is 2.10 bits per heavy atom. The predicted octanol–water partition coefficient (Wildman–Crippen LogP) is 2.54. The third kappa shape index (κ3) is 3.99. The van der Waals surface area contributed by atoms with Gasteiger partial charge in [-0.15, -0.1) is 0 Å². The molecule has 0 fully saturated rings. The molecule has 0 spiro atoms. The molecule has 1 aromatic heterocycles. The number of aryl methyl sites for hydroxylation is 1. The summed E-state index contributed by atoms with van der Waals surface area (Å²) in [6, 6.07) is 3.46. The number of amides is 1. The number of nitrogens with one attached hydrogen (secondary N) is 2. The second-order valence-corrected chi connectivity index (χ2v) is 8.54. The van der Waals surface area contributed by atoms with Gasteiger partial charge < -0.3 is 9.88 Å². The third-order valence-corrected chi connectivity index (χ3v) is 6.21. The highest BCUT2D eigenvalue weighted by molar-refractivity contribution is 7.89. The van der Waals surface area contributed by atoms with E-state index in [9.17, 15) is 26.4 Å². The van der Waals surface area contributed by atoms with Crippen LogP contribution in [0, 0.1) is 17.1 Å². The van der Waals surface area contributed by atoms with Crippen LogP contribution >= 0.6 is 0 Å². The van der Waals surface area contributed by atoms with Gasteiger partial charge in [-0.3, -0.25) is 4.79 Å². The lowest BCUT2D eigenvalue weighted by molar-refractivity contribution is -0.0130. The van der Waals surface area contributed by atoms with Crippen molar-refractivity contribution in [3.63, 3.8) is 0 Å². The number of benzene rings is 1. The molecule has 1 atom stereocenters. The van der Waals surface area contributed by atoms with E-state index >= 15 is 0 Å². The second-order valence-electron chi connectivity index (χ2n) is 6.86. The van der Waals surface area contributed by atoms with Crippen molar-refractivity contribution < 1.29 is 26.4 Å². The van der Waals surface area contributed by atoms with E-state index in [0.717, 1.165) is 12.1 Å². The zero-order valence-corrected chi connectivity index (χ0v) is 16.3. The highest BCUT2D eigenvalue weighted by atomic mass is 32.2. The van der Waals surface area contributed by atoms with Crippen molar-refractivity contribution in [1.29, 1.82) is 5.26 Å². The first-order valence-corrected chi connectivity index (χ1v) is 10.0. The number of carbonyl (C=O) groups is 1. The molecule has 0 radical (unpaired) electrons. The summed E-state index contributed by atoms with van der Waals surface area (Å²) < 4.78 is 69.3. The molecule has 2 aromatic rings. The zero-order valence-electron chi connectivity index (χ0n) is 15.5. The normalized spacial score (nSPS) is 18.4. The highest BCUT2D eigenvalue weighted by Crippen LogP contribution is 2.32. The molecule has 11 heteroatoms. The van der Waals surface area contributed by atoms with Gasteiger partial charge in [0.2, 0.25) is 10.0 Å². The van der Waals surface area contributed by atoms with Gasteiger partial charge >= 0.3 is 0 Å². The van der Waals surface area contributed by atoms with Crippen LogP contribution in [-0.4, -0.2) is 30.9 Å². The molecule has 1 amide bonds. The molecule has 1 aliphatic rings. The van der Waals surface area contributed by atoms with E-state index in [2.05, 4.69) is 5.32 Å². The molecule has 1 aromatic carbocycles. The smallest absolute Gasteiger partial charge is 0.272 e. The van der Waals surface area contributed by atoms with Crippen LogP contribution < -0.4 is 10.0 Å². The molecule has 2 heterocycles. The summed E-state index contributed by atoms with van der Waals surface area (Å²) in [4.78, 5) is 12.5. The first kappa shape index (κ1) is 20.9. The molecule has 7 nitrogen and oxygen atoms in total. The number of rotatable bonds is 3. The fourth-order valence-corrected chi connectivity index (χ4v) is 4.90. The van der Waals surface area contributed by atoms with Gasteiger partial charge in [-0.2, -0.15) is 5.26 Å². The van der Waals surface area contributed by atoms with Gasteiger partial charge in [-0.25, -0.2) is 26.3 Å². The Kier molecular flexibility index (Phi) is 5.19. The summed E-state index contributed by atoms with van der Waals surface area (Å²) in [6.07, 6.45) is 0.926. The van der Waals surface area contributed by atoms with Gasteiger partial charge in [0.05, 0.1) is 11.6 Å². The Balaban J connectivity index is 1.98. The van der Waals surface area contributed by atoms with Crippen molar-refractivity contribution >= 4 is 21.6 Å². The van der Waals surface area contributed by atoms with Gasteiger partial charge in [0.1, 0.15) is 22.5 Å². The van der Waals surface area contributed by atoms with E-state index in [1.165, 1.54) is 23.9 Å². The lowest BCUT2D eigenvalue weighted by atomic mass is 10.0. The van der Waals surface area contributed by atoms with Crippen LogP contribution in [0.2, 0.25) is 0 Å². The summed E-state index contributed by atoms with van der Waals surface area (Å²) in [5.74, 6) is -4.73. The minimum absolute atomic E-state index is 0.0201. The SMILES string of the molecule is Cn1cc2c(c1C(=O)Nc1ccc(F)c(C#N)c1)CCC(C(C)(F)F)NS2(=O)=O. The molecule has 29 heavy (non-hydrogen) atoms. The van der Waals surface area contributed by atoms with Gasteiger partial charge in [0, 0.05) is 31.4 Å². The maximum absolute atomic E-state index is 13.7. The molecule has 1 aliphatic heterocycles. The summed E-state index contributed by atoms with van der Waals surface area (Å²) in [5.41, 5.74) is -0.0380. The van der Waals surface area contributed by atoms with E-state index in [1.54, 1.807) is 6.07 Å². The Labute approximate surface area is 165 Å². The van der Waals surface area contributed by atoms with Crippen LogP contribution in [-0.2, 0) is 23.5 Å². The van der Waals surface area contributed by atoms with Crippen molar-refractivity contribution in [1.82, 2.24) is 9.29 Å². The van der Waals surface area contributed by atoms with E-state index in [1.807, 2.05) is 4.72 Å². The van der Waals surface area contributed by atoms with Gasteiger partial charge in [0.15, 0.2) is 0 Å². The van der Waals surface area contributed by atoms with E-state index in [-0.39, 0.29) is 40.2 Å². The number of carbonyl (C=O) groups excluding carboxylic acids is 1. The average molecular weight is 426 g/mol. The first-order valence-electron chi connectivity index (χ1n) is 8.53. The maximum Gasteiger partial charge on any atom is 0.272 e. The third-order valence-electron chi connectivity index (χ3n) is 4.69. The molecule has 0 bridgehead atoms. The number of nitriles is 1. The van der Waals surface area contributed by atoms with Crippen molar-refractivity contribution in [2.24, 2.45) is 7.05 Å². The second kappa shape index (κ2) is 7.20. The van der Waals surface area contributed by atoms with Crippen molar-refractivity contribution in [3.05, 3.63) is 47.0 Å². The Morgan fingerprint density at radius 1 is 1.41 bits per heavy atom. The standard InChI is InChI=1S/C18H17F3N4O3S/c1-18(20,21)15-6-4-12-14(29(27,28)24-15)9-25(2)16(12)17(26)23-11-3-5-13(19)10(7-11)8-22/h3,5,7,9,15,24H,4,6H2,1-2H3,(H,23,26). The maximum atomic E-state index is 13.7. The summed E-state index contributed by atoms with van der Waals surface area (Å²) in [6.45, 7) is 0.630. The molecule has 0 aliphatic carbocycles. The molecule has 0 saturated heterocycles. The van der Waals surface area contributed by atoms with Crippen molar-refractivity contribution in [2.75, 3.05) is 5.32 Å². The average Bonchev–Trinajstić information content (AvgIpc) is 2.89. The number of nitrogens with zero attached hydrogens (tertiary/aromatic N) is 2. The topological polar surface area (TPSA) is 104 Å². The van der Waals surface area contributed by atoms with Gasteiger partial charge in [-0.05, 0) is 31.0 Å². The van der Waals surface area contributed by atoms with Crippen LogP contribution in [0.4, 0.5) is 18.9 Å². The highest BCUT2D eigenvalue weighted by Gasteiger charge is 2.41. The number of fused-ring (bicyclic) bond motifs is 1. The fourth-order valence-electron chi connectivity index (χ4n) is 3.25. The minimum atomic E-state index is -4.26. The molecule has 2 N–H and O–H groups in total. The summed E-state index contributed by atoms with van der Waals surface area (Å²) >= 11 is 0. The van der Waals surface area contributed by atoms with Crippen LogP contribution in [0.1, 0.15) is 35.0 Å². The zero-order chi connectivity index (χ0) is 21.6. The molecular weight excluding hydrogens is 409 g/mol. The number of aromatic nitrogens is 1. The quantitative estimate of drug-likeness (QED) is 0.787. The molecular formula is C18H17F3N4O3S. The van der Waals surface area contributed by atoms with Crippen molar-refractivity contribution in [3.8, 4) is 6.07 Å². The molecule has 3 rings (SSSR count). The molecule has 1 unspecified atom stereocenters. The number of halogens is 3. The predicted molar refractivity (Wildman–Crippen MR) is 97.5 cm³/mol. The lowest BCUT2D eigenvalue weighted by Crippen LogP contribution is -2.45. The first-order chi connectivity index (χ1) is 13.4. The van der Waals surface area contributed by atoms with E-state index in [4.69, 9.17) is 5.26 Å². The number of sulfonamides is 1. The Hall–Kier alpha value is -2.84.